The second-order valence-corrected chi connectivity index (χ2v) is 4.44. The zero-order valence-corrected chi connectivity index (χ0v) is 11.4. The maximum Gasteiger partial charge on any atom is 0.418 e. The Labute approximate surface area is 119 Å². The molecule has 21 heavy (non-hydrogen) atoms. The molecule has 1 N–H and O–H groups in total. The Morgan fingerprint density at radius 1 is 1.57 bits per heavy atom. The normalized spacial score (nSPS) is 19.3. The molecule has 0 aromatic carbocycles. The Hall–Kier alpha value is -1.67. The van der Waals surface area contributed by atoms with Crippen molar-refractivity contribution in [2.45, 2.75) is 19.2 Å². The minimum atomic E-state index is -4.67. The van der Waals surface area contributed by atoms with Gasteiger partial charge in [-0.25, -0.2) is 4.79 Å². The highest BCUT2D eigenvalue weighted by Crippen LogP contribution is 2.33. The monoisotopic (exact) mass is 304 g/mol. The fraction of sp³-hybridized carbons (Fsp3) is 0.538. The molecule has 0 radical (unpaired) electrons. The Morgan fingerprint density at radius 2 is 2.33 bits per heavy atom. The van der Waals surface area contributed by atoms with E-state index in [-0.39, 0.29) is 12.3 Å². The number of esters is 1. The van der Waals surface area contributed by atoms with Gasteiger partial charge in [0.15, 0.2) is 0 Å². The van der Waals surface area contributed by atoms with Crippen LogP contribution in [-0.4, -0.2) is 37.3 Å². The summed E-state index contributed by atoms with van der Waals surface area (Å²) in [6.45, 7) is 3.06. The summed E-state index contributed by atoms with van der Waals surface area (Å²) in [5.74, 6) is -1.02. The summed E-state index contributed by atoms with van der Waals surface area (Å²) in [6.07, 6.45) is -4.49. The van der Waals surface area contributed by atoms with Gasteiger partial charge in [0, 0.05) is 19.3 Å². The molecule has 1 aromatic heterocycles. The minimum Gasteiger partial charge on any atom is -0.462 e. The van der Waals surface area contributed by atoms with Gasteiger partial charge in [-0.05, 0) is 13.0 Å². The van der Waals surface area contributed by atoms with Crippen LogP contribution in [0.15, 0.2) is 12.3 Å². The maximum absolute atomic E-state index is 12.9. The third-order valence-corrected chi connectivity index (χ3v) is 2.98. The van der Waals surface area contributed by atoms with Gasteiger partial charge in [-0.3, -0.25) is 4.98 Å². The highest BCUT2D eigenvalue weighted by molar-refractivity contribution is 5.91. The number of carbonyl (C=O) groups is 1. The number of halogens is 3. The van der Waals surface area contributed by atoms with Gasteiger partial charge in [0.2, 0.25) is 0 Å². The molecule has 1 fully saturated rings. The first-order chi connectivity index (χ1) is 9.93. The van der Waals surface area contributed by atoms with Crippen molar-refractivity contribution in [1.29, 1.82) is 0 Å². The first kappa shape index (κ1) is 15.7. The van der Waals surface area contributed by atoms with Crippen LogP contribution in [0.25, 0.3) is 0 Å². The Balaban J connectivity index is 2.38. The zero-order valence-electron chi connectivity index (χ0n) is 11.4. The summed E-state index contributed by atoms with van der Waals surface area (Å²) in [5, 5.41) is 3.05. The molecular weight excluding hydrogens is 289 g/mol. The molecule has 116 valence electrons. The summed E-state index contributed by atoms with van der Waals surface area (Å²) < 4.78 is 48.9. The molecule has 0 amide bonds. The topological polar surface area (TPSA) is 60.5 Å². The van der Waals surface area contributed by atoms with Crippen molar-refractivity contribution in [1.82, 2.24) is 10.3 Å². The summed E-state index contributed by atoms with van der Waals surface area (Å²) in [7, 11) is 0. The van der Waals surface area contributed by atoms with Gasteiger partial charge in [0.25, 0.3) is 0 Å². The molecule has 1 aromatic rings. The lowest BCUT2D eigenvalue weighted by atomic mass is 10.1. The average molecular weight is 304 g/mol. The third-order valence-electron chi connectivity index (χ3n) is 2.98. The van der Waals surface area contributed by atoms with Gasteiger partial charge < -0.3 is 14.8 Å². The van der Waals surface area contributed by atoms with E-state index >= 15 is 0 Å². The second-order valence-electron chi connectivity index (χ2n) is 4.44. The SMILES string of the molecule is CCOC(=O)c1cc(C2CNCCO2)ncc1C(F)(F)F. The Morgan fingerprint density at radius 3 is 2.90 bits per heavy atom. The molecule has 5 nitrogen and oxygen atoms in total. The van der Waals surface area contributed by atoms with Crippen LogP contribution in [0, 0.1) is 0 Å². The molecular formula is C13H15F3N2O3. The number of rotatable bonds is 3. The van der Waals surface area contributed by atoms with Crippen LogP contribution in [0.4, 0.5) is 13.2 Å². The molecule has 0 saturated carbocycles. The summed E-state index contributed by atoms with van der Waals surface area (Å²) in [5.41, 5.74) is -1.37. The van der Waals surface area contributed by atoms with Crippen molar-refractivity contribution in [3.63, 3.8) is 0 Å². The van der Waals surface area contributed by atoms with Gasteiger partial charge in [0.05, 0.1) is 30.0 Å². The van der Waals surface area contributed by atoms with E-state index in [4.69, 9.17) is 4.74 Å². The Kier molecular flexibility index (Phi) is 4.79. The van der Waals surface area contributed by atoms with E-state index in [9.17, 15) is 18.0 Å². The van der Waals surface area contributed by atoms with Gasteiger partial charge in [-0.2, -0.15) is 13.2 Å². The number of aromatic nitrogens is 1. The molecule has 8 heteroatoms. The van der Waals surface area contributed by atoms with Crippen LogP contribution >= 0.6 is 0 Å². The molecule has 1 saturated heterocycles. The lowest BCUT2D eigenvalue weighted by molar-refractivity contribution is -0.138. The number of nitrogens with one attached hydrogen (secondary N) is 1. The van der Waals surface area contributed by atoms with E-state index in [0.29, 0.717) is 25.9 Å². The predicted molar refractivity (Wildman–Crippen MR) is 66.8 cm³/mol. The highest BCUT2D eigenvalue weighted by atomic mass is 19.4. The fourth-order valence-corrected chi connectivity index (χ4v) is 2.01. The standard InChI is InChI=1S/C13H15F3N2O3/c1-2-20-12(19)8-5-10(11-7-17-3-4-21-11)18-6-9(8)13(14,15)16/h5-6,11,17H,2-4,7H2,1H3. The summed E-state index contributed by atoms with van der Waals surface area (Å²) in [6, 6.07) is 1.10. The van der Waals surface area contributed by atoms with Crippen molar-refractivity contribution >= 4 is 5.97 Å². The van der Waals surface area contributed by atoms with Crippen LogP contribution in [0.3, 0.4) is 0 Å². The quantitative estimate of drug-likeness (QED) is 0.865. The van der Waals surface area contributed by atoms with Crippen LogP contribution < -0.4 is 5.32 Å². The average Bonchev–Trinajstić information content (AvgIpc) is 2.47. The van der Waals surface area contributed by atoms with Gasteiger partial charge >= 0.3 is 12.1 Å². The largest absolute Gasteiger partial charge is 0.462 e. The first-order valence-corrected chi connectivity index (χ1v) is 6.50. The number of nitrogens with zero attached hydrogens (tertiary/aromatic N) is 1. The number of carbonyl (C=O) groups excluding carboxylic acids is 1. The second kappa shape index (κ2) is 6.40. The maximum atomic E-state index is 12.9. The number of alkyl halides is 3. The molecule has 1 unspecified atom stereocenters. The first-order valence-electron chi connectivity index (χ1n) is 6.50. The molecule has 0 bridgehead atoms. The summed E-state index contributed by atoms with van der Waals surface area (Å²) in [4.78, 5) is 15.5. The molecule has 1 aliphatic heterocycles. The molecule has 1 aliphatic rings. The lowest BCUT2D eigenvalue weighted by Crippen LogP contribution is -2.34. The van der Waals surface area contributed by atoms with Crippen LogP contribution in [0.5, 0.6) is 0 Å². The van der Waals surface area contributed by atoms with E-state index in [1.807, 2.05) is 0 Å². The number of ether oxygens (including phenoxy) is 2. The lowest BCUT2D eigenvalue weighted by Gasteiger charge is -2.24. The zero-order chi connectivity index (χ0) is 15.5. The van der Waals surface area contributed by atoms with Crippen LogP contribution in [-0.2, 0) is 15.7 Å². The summed E-state index contributed by atoms with van der Waals surface area (Å²) >= 11 is 0. The fourth-order valence-electron chi connectivity index (χ4n) is 2.01. The van der Waals surface area contributed by atoms with Crippen molar-refractivity contribution < 1.29 is 27.4 Å². The molecule has 2 rings (SSSR count). The number of hydrogen-bond donors (Lipinski definition) is 1. The minimum absolute atomic E-state index is 0.00469. The third kappa shape index (κ3) is 3.70. The van der Waals surface area contributed by atoms with Crippen LogP contribution in [0.2, 0.25) is 0 Å². The number of hydrogen-bond acceptors (Lipinski definition) is 5. The van der Waals surface area contributed by atoms with E-state index in [1.54, 1.807) is 0 Å². The molecule has 0 aliphatic carbocycles. The van der Waals surface area contributed by atoms with Gasteiger partial charge in [-0.1, -0.05) is 0 Å². The van der Waals surface area contributed by atoms with Crippen molar-refractivity contribution in [2.75, 3.05) is 26.3 Å². The number of pyridine rings is 1. The molecule has 0 spiro atoms. The van der Waals surface area contributed by atoms with E-state index in [1.165, 1.54) is 6.92 Å². The molecule has 2 heterocycles. The van der Waals surface area contributed by atoms with Gasteiger partial charge in [-0.15, -0.1) is 0 Å². The van der Waals surface area contributed by atoms with E-state index < -0.39 is 29.4 Å². The number of morpholine rings is 1. The van der Waals surface area contributed by atoms with Crippen molar-refractivity contribution in [3.05, 3.63) is 29.1 Å². The Bertz CT molecular complexity index is 514. The van der Waals surface area contributed by atoms with E-state index in [0.717, 1.165) is 6.07 Å². The van der Waals surface area contributed by atoms with Gasteiger partial charge in [0.1, 0.15) is 6.10 Å². The molecule has 1 atom stereocenters. The van der Waals surface area contributed by atoms with E-state index in [2.05, 4.69) is 15.0 Å². The van der Waals surface area contributed by atoms with Crippen molar-refractivity contribution in [3.8, 4) is 0 Å². The smallest absolute Gasteiger partial charge is 0.418 e. The predicted octanol–water partition coefficient (Wildman–Crippen LogP) is 1.94. The van der Waals surface area contributed by atoms with Crippen molar-refractivity contribution in [2.24, 2.45) is 0 Å². The highest BCUT2D eigenvalue weighted by Gasteiger charge is 2.37. The van der Waals surface area contributed by atoms with Crippen LogP contribution in [0.1, 0.15) is 34.6 Å².